The Morgan fingerprint density at radius 2 is 1.82 bits per heavy atom. The van der Waals surface area contributed by atoms with Crippen LogP contribution < -0.4 is 10.1 Å². The maximum absolute atomic E-state index is 15.4. The number of anilines is 1. The maximum atomic E-state index is 15.4. The molecule has 3 aromatic rings. The third kappa shape index (κ3) is 5.82. The second kappa shape index (κ2) is 11.5. The van der Waals surface area contributed by atoms with E-state index in [2.05, 4.69) is 10.3 Å². The zero-order valence-electron chi connectivity index (χ0n) is 20.7. The molecule has 0 aliphatic carbocycles. The number of hydrogen-bond donors (Lipinski definition) is 2. The van der Waals surface area contributed by atoms with E-state index in [4.69, 9.17) is 4.74 Å². The molecule has 1 aromatic heterocycles. The number of alkyl halides is 1. The summed E-state index contributed by atoms with van der Waals surface area (Å²) in [5, 5.41) is 13.1. The van der Waals surface area contributed by atoms with Crippen molar-refractivity contribution in [2.24, 2.45) is 5.41 Å². The van der Waals surface area contributed by atoms with E-state index in [1.165, 1.54) is 13.2 Å². The van der Waals surface area contributed by atoms with E-state index in [0.29, 0.717) is 37.4 Å². The highest BCUT2D eigenvalue weighted by Crippen LogP contribution is 2.41. The molecule has 0 unspecified atom stereocenters. The van der Waals surface area contributed by atoms with Gasteiger partial charge in [0.05, 0.1) is 24.2 Å². The Kier molecular flexibility index (Phi) is 8.35. The second-order valence-corrected chi connectivity index (χ2v) is 9.52. The molecule has 2 N–H and O–H groups in total. The summed E-state index contributed by atoms with van der Waals surface area (Å²) in [6.45, 7) is 1.59. The van der Waals surface area contributed by atoms with Crippen LogP contribution in [0.3, 0.4) is 0 Å². The van der Waals surface area contributed by atoms with Crippen LogP contribution in [0.4, 0.5) is 27.6 Å². The number of benzene rings is 2. The number of carboxylic acid groups (broad SMARTS) is 1. The number of nitrogens with one attached hydrogen (secondary N) is 1. The first kappa shape index (κ1) is 27.6. The van der Waals surface area contributed by atoms with Gasteiger partial charge < -0.3 is 20.1 Å². The molecule has 4 rings (SSSR count). The van der Waals surface area contributed by atoms with Gasteiger partial charge in [-0.2, -0.15) is 0 Å². The number of carboxylic acids is 1. The Morgan fingerprint density at radius 3 is 2.45 bits per heavy atom. The van der Waals surface area contributed by atoms with Gasteiger partial charge in [-0.25, -0.2) is 22.0 Å². The van der Waals surface area contributed by atoms with E-state index < -0.39 is 40.8 Å². The molecule has 2 heterocycles. The fourth-order valence-corrected chi connectivity index (χ4v) is 4.95. The van der Waals surface area contributed by atoms with Crippen molar-refractivity contribution < 1.29 is 36.6 Å². The highest BCUT2D eigenvalue weighted by Gasteiger charge is 2.41. The third-order valence-corrected chi connectivity index (χ3v) is 7.27. The summed E-state index contributed by atoms with van der Waals surface area (Å²) in [5.74, 6) is -5.51. The standard InChI is InChI=1S/C27H28F5N3O3/c1-38-17-2-3-23-18(14-17)24(22(31)15-34-23)19(28)4-5-27(26(36)37)6-9-35(10-7-27)11-8-33-16-12-20(29)25(32)21(30)13-16/h2-3,12-15,19,33H,4-11H2,1H3,(H,36,37)/t19-/m1/s1. The Labute approximate surface area is 216 Å². The van der Waals surface area contributed by atoms with Crippen molar-refractivity contribution in [1.82, 2.24) is 9.88 Å². The van der Waals surface area contributed by atoms with Gasteiger partial charge in [0, 0.05) is 41.9 Å². The number of nitrogens with zero attached hydrogens (tertiary/aromatic N) is 2. The average molecular weight is 538 g/mol. The molecule has 6 nitrogen and oxygen atoms in total. The number of halogens is 5. The van der Waals surface area contributed by atoms with E-state index in [-0.39, 0.29) is 42.3 Å². The van der Waals surface area contributed by atoms with Crippen LogP contribution in [0.5, 0.6) is 5.75 Å². The number of fused-ring (bicyclic) bond motifs is 1. The molecule has 204 valence electrons. The zero-order valence-corrected chi connectivity index (χ0v) is 20.7. The monoisotopic (exact) mass is 537 g/mol. The van der Waals surface area contributed by atoms with Crippen molar-refractivity contribution >= 4 is 22.6 Å². The molecule has 1 atom stereocenters. The summed E-state index contributed by atoms with van der Waals surface area (Å²) >= 11 is 0. The normalized spacial score (nSPS) is 16.4. The molecule has 0 saturated carbocycles. The topological polar surface area (TPSA) is 74.7 Å². The van der Waals surface area contributed by atoms with Crippen LogP contribution >= 0.6 is 0 Å². The van der Waals surface area contributed by atoms with Gasteiger partial charge in [0.15, 0.2) is 17.5 Å². The summed E-state index contributed by atoms with van der Waals surface area (Å²) in [5.41, 5.74) is -0.813. The van der Waals surface area contributed by atoms with Gasteiger partial charge in [-0.3, -0.25) is 9.78 Å². The number of pyridine rings is 1. The Balaban J connectivity index is 1.36. The summed E-state index contributed by atoms with van der Waals surface area (Å²) in [6.07, 6.45) is -0.391. The van der Waals surface area contributed by atoms with Gasteiger partial charge in [-0.1, -0.05) is 0 Å². The van der Waals surface area contributed by atoms with Crippen LogP contribution in [-0.2, 0) is 4.79 Å². The third-order valence-electron chi connectivity index (χ3n) is 7.27. The van der Waals surface area contributed by atoms with Crippen molar-refractivity contribution in [2.45, 2.75) is 31.9 Å². The van der Waals surface area contributed by atoms with Crippen LogP contribution in [0, 0.1) is 28.7 Å². The van der Waals surface area contributed by atoms with E-state index in [9.17, 15) is 27.5 Å². The minimum atomic E-state index is -1.73. The molecule has 0 bridgehead atoms. The number of carbonyl (C=O) groups is 1. The highest BCUT2D eigenvalue weighted by molar-refractivity contribution is 5.84. The van der Waals surface area contributed by atoms with Crippen LogP contribution in [0.2, 0.25) is 0 Å². The van der Waals surface area contributed by atoms with Crippen LogP contribution in [0.1, 0.15) is 37.4 Å². The largest absolute Gasteiger partial charge is 0.497 e. The quantitative estimate of drug-likeness (QED) is 0.249. The molecule has 0 radical (unpaired) electrons. The predicted octanol–water partition coefficient (Wildman–Crippen LogP) is 5.87. The molecule has 1 saturated heterocycles. The van der Waals surface area contributed by atoms with Gasteiger partial charge in [-0.05, 0) is 57.0 Å². The SMILES string of the molecule is COc1ccc2ncc(F)c([C@H](F)CCC3(C(=O)O)CCN(CCNc4cc(F)c(F)c(F)c4)CC3)c2c1. The Morgan fingerprint density at radius 1 is 1.13 bits per heavy atom. The number of rotatable bonds is 10. The van der Waals surface area contributed by atoms with Gasteiger partial charge in [0.1, 0.15) is 17.7 Å². The number of hydrogen-bond acceptors (Lipinski definition) is 5. The van der Waals surface area contributed by atoms with Crippen molar-refractivity contribution in [3.63, 3.8) is 0 Å². The molecule has 1 aliphatic heterocycles. The number of aromatic nitrogens is 1. The lowest BCUT2D eigenvalue weighted by molar-refractivity contribution is -0.153. The van der Waals surface area contributed by atoms with Crippen molar-refractivity contribution in [1.29, 1.82) is 0 Å². The summed E-state index contributed by atoms with van der Waals surface area (Å²) in [4.78, 5) is 18.2. The van der Waals surface area contributed by atoms with Gasteiger partial charge in [-0.15, -0.1) is 0 Å². The fraction of sp³-hybridized carbons (Fsp3) is 0.407. The van der Waals surface area contributed by atoms with Crippen LogP contribution in [0.15, 0.2) is 36.5 Å². The van der Waals surface area contributed by atoms with Gasteiger partial charge in [0.2, 0.25) is 0 Å². The van der Waals surface area contributed by atoms with Gasteiger partial charge >= 0.3 is 5.97 Å². The predicted molar refractivity (Wildman–Crippen MR) is 132 cm³/mol. The number of ether oxygens (including phenoxy) is 1. The maximum Gasteiger partial charge on any atom is 0.309 e. The number of methoxy groups -OCH3 is 1. The zero-order chi connectivity index (χ0) is 27.4. The molecule has 0 spiro atoms. The van der Waals surface area contributed by atoms with Crippen LogP contribution in [0.25, 0.3) is 10.9 Å². The lowest BCUT2D eigenvalue weighted by Gasteiger charge is -2.39. The van der Waals surface area contributed by atoms with Crippen molar-refractivity contribution in [3.05, 3.63) is 65.4 Å². The Hall–Kier alpha value is -3.47. The van der Waals surface area contributed by atoms with Gasteiger partial charge in [0.25, 0.3) is 0 Å². The van der Waals surface area contributed by atoms with E-state index >= 15 is 4.39 Å². The molecule has 11 heteroatoms. The number of likely N-dealkylation sites (tertiary alicyclic amines) is 1. The second-order valence-electron chi connectivity index (χ2n) is 9.52. The molecule has 1 aliphatic rings. The fourth-order valence-electron chi connectivity index (χ4n) is 4.95. The average Bonchev–Trinajstić information content (AvgIpc) is 2.90. The minimum absolute atomic E-state index is 0.0247. The first-order chi connectivity index (χ1) is 18.1. The number of aliphatic carboxylic acids is 1. The molecular weight excluding hydrogens is 509 g/mol. The van der Waals surface area contributed by atoms with Crippen molar-refractivity contribution in [2.75, 3.05) is 38.6 Å². The minimum Gasteiger partial charge on any atom is -0.497 e. The molecule has 1 fully saturated rings. The highest BCUT2D eigenvalue weighted by atomic mass is 19.2. The summed E-state index contributed by atoms with van der Waals surface area (Å²) in [7, 11) is 1.45. The smallest absolute Gasteiger partial charge is 0.309 e. The van der Waals surface area contributed by atoms with E-state index in [1.54, 1.807) is 12.1 Å². The molecule has 2 aromatic carbocycles. The molecule has 0 amide bonds. The van der Waals surface area contributed by atoms with Crippen molar-refractivity contribution in [3.8, 4) is 5.75 Å². The Bertz CT molecular complexity index is 1290. The van der Waals surface area contributed by atoms with E-state index in [0.717, 1.165) is 18.3 Å². The lowest BCUT2D eigenvalue weighted by atomic mass is 9.74. The van der Waals surface area contributed by atoms with Crippen LogP contribution in [-0.4, -0.2) is 54.2 Å². The lowest BCUT2D eigenvalue weighted by Crippen LogP contribution is -2.45. The first-order valence-electron chi connectivity index (χ1n) is 12.2. The first-order valence-corrected chi connectivity index (χ1v) is 12.2. The summed E-state index contributed by atoms with van der Waals surface area (Å²) < 4.78 is 75.1. The number of piperidine rings is 1. The summed E-state index contributed by atoms with van der Waals surface area (Å²) in [6, 6.07) is 6.49. The van der Waals surface area contributed by atoms with E-state index in [1.807, 2.05) is 4.90 Å². The molecule has 38 heavy (non-hydrogen) atoms. The molecular formula is C27H28F5N3O3.